The number of esters is 1. The second-order valence-corrected chi connectivity index (χ2v) is 7.23. The third-order valence-electron chi connectivity index (χ3n) is 5.35. The number of benzene rings is 1. The van der Waals surface area contributed by atoms with Crippen LogP contribution < -0.4 is 9.64 Å². The van der Waals surface area contributed by atoms with Crippen molar-refractivity contribution in [2.45, 2.75) is 20.8 Å². The number of Topliss-reactive ketones (excluding diaryl/α,β-unsaturated/α-hetero) is 1. The molecule has 0 unspecified atom stereocenters. The van der Waals surface area contributed by atoms with Crippen LogP contribution in [0.5, 0.6) is 5.75 Å². The van der Waals surface area contributed by atoms with Gasteiger partial charge in [0.05, 0.1) is 31.5 Å². The summed E-state index contributed by atoms with van der Waals surface area (Å²) in [5.41, 5.74) is 3.44. The first-order chi connectivity index (χ1) is 13.9. The molecule has 7 heteroatoms. The second-order valence-electron chi connectivity index (χ2n) is 7.23. The zero-order valence-electron chi connectivity index (χ0n) is 17.6. The number of nitrogens with one attached hydrogen (secondary N) is 1. The first-order valence-corrected chi connectivity index (χ1v) is 9.95. The van der Waals surface area contributed by atoms with E-state index in [0.717, 1.165) is 37.6 Å². The Labute approximate surface area is 171 Å². The zero-order chi connectivity index (χ0) is 21.0. The zero-order valence-corrected chi connectivity index (χ0v) is 17.6. The third-order valence-corrected chi connectivity index (χ3v) is 5.35. The number of methoxy groups -OCH3 is 1. The Morgan fingerprint density at radius 2 is 1.86 bits per heavy atom. The molecule has 2 heterocycles. The Morgan fingerprint density at radius 1 is 1.14 bits per heavy atom. The summed E-state index contributed by atoms with van der Waals surface area (Å²) < 4.78 is 10.4. The number of piperazine rings is 1. The summed E-state index contributed by atoms with van der Waals surface area (Å²) in [6.07, 6.45) is 0. The summed E-state index contributed by atoms with van der Waals surface area (Å²) >= 11 is 0. The van der Waals surface area contributed by atoms with Crippen LogP contribution in [0.3, 0.4) is 0 Å². The quantitative estimate of drug-likeness (QED) is 0.570. The van der Waals surface area contributed by atoms with Crippen LogP contribution in [-0.2, 0) is 4.74 Å². The van der Waals surface area contributed by atoms with Crippen LogP contribution in [0, 0.1) is 13.8 Å². The van der Waals surface area contributed by atoms with Crippen LogP contribution in [0.15, 0.2) is 24.3 Å². The van der Waals surface area contributed by atoms with E-state index in [9.17, 15) is 9.59 Å². The number of hydrogen-bond donors (Lipinski definition) is 1. The van der Waals surface area contributed by atoms with Crippen molar-refractivity contribution in [3.63, 3.8) is 0 Å². The number of nitrogens with zero attached hydrogens (tertiary/aromatic N) is 2. The Kier molecular flexibility index (Phi) is 6.59. The number of carbonyl (C=O) groups excluding carboxylic acids is 2. The molecule has 1 aliphatic heterocycles. The largest absolute Gasteiger partial charge is 0.497 e. The molecule has 1 N–H and O–H groups in total. The number of ketones is 1. The highest BCUT2D eigenvalue weighted by molar-refractivity contribution is 6.02. The van der Waals surface area contributed by atoms with E-state index in [1.807, 2.05) is 18.2 Å². The molecule has 1 aromatic heterocycles. The molecule has 1 aliphatic rings. The number of aromatic amines is 1. The van der Waals surface area contributed by atoms with Crippen molar-refractivity contribution in [1.82, 2.24) is 9.88 Å². The van der Waals surface area contributed by atoms with Gasteiger partial charge >= 0.3 is 5.97 Å². The lowest BCUT2D eigenvalue weighted by atomic mass is 10.1. The maximum Gasteiger partial charge on any atom is 0.340 e. The van der Waals surface area contributed by atoms with Crippen LogP contribution in [0.2, 0.25) is 0 Å². The highest BCUT2D eigenvalue weighted by Gasteiger charge is 2.25. The van der Waals surface area contributed by atoms with Crippen molar-refractivity contribution in [1.29, 1.82) is 0 Å². The van der Waals surface area contributed by atoms with Gasteiger partial charge in [0.1, 0.15) is 5.75 Å². The number of rotatable bonds is 7. The standard InChI is InChI=1S/C22H29N3O4/c1-5-29-22(27)20-15(2)21(23-16(20)3)19(26)14-24-9-11-25(12-10-24)17-7-6-8-18(13-17)28-4/h6-8,13,23H,5,9-12,14H2,1-4H3. The highest BCUT2D eigenvalue weighted by Crippen LogP contribution is 2.23. The maximum atomic E-state index is 12.9. The monoisotopic (exact) mass is 399 g/mol. The fourth-order valence-electron chi connectivity index (χ4n) is 3.79. The fraction of sp³-hybridized carbons (Fsp3) is 0.455. The van der Waals surface area contributed by atoms with Crippen LogP contribution >= 0.6 is 0 Å². The van der Waals surface area contributed by atoms with E-state index in [1.54, 1.807) is 27.9 Å². The topological polar surface area (TPSA) is 74.9 Å². The molecule has 29 heavy (non-hydrogen) atoms. The van der Waals surface area contributed by atoms with Crippen LogP contribution in [0.25, 0.3) is 0 Å². The predicted octanol–water partition coefficient (Wildman–Crippen LogP) is 2.82. The number of aromatic nitrogens is 1. The Bertz CT molecular complexity index is 882. The minimum atomic E-state index is -0.385. The van der Waals surface area contributed by atoms with Crippen molar-refractivity contribution in [2.24, 2.45) is 0 Å². The molecule has 0 aliphatic carbocycles. The summed E-state index contributed by atoms with van der Waals surface area (Å²) in [4.78, 5) is 32.5. The van der Waals surface area contributed by atoms with E-state index < -0.39 is 0 Å². The van der Waals surface area contributed by atoms with Gasteiger partial charge in [0, 0.05) is 43.6 Å². The first-order valence-electron chi connectivity index (χ1n) is 9.95. The molecule has 3 rings (SSSR count). The molecule has 1 fully saturated rings. The van der Waals surface area contributed by atoms with E-state index in [-0.39, 0.29) is 11.8 Å². The normalized spacial score (nSPS) is 14.7. The number of carbonyl (C=O) groups is 2. The van der Waals surface area contributed by atoms with Crippen molar-refractivity contribution in [3.8, 4) is 5.75 Å². The van der Waals surface area contributed by atoms with Gasteiger partial charge in [-0.1, -0.05) is 6.07 Å². The lowest BCUT2D eigenvalue weighted by Crippen LogP contribution is -2.48. The van der Waals surface area contributed by atoms with Crippen molar-refractivity contribution < 1.29 is 19.1 Å². The smallest absolute Gasteiger partial charge is 0.340 e. The van der Waals surface area contributed by atoms with Gasteiger partial charge in [-0.25, -0.2) is 4.79 Å². The van der Waals surface area contributed by atoms with Gasteiger partial charge < -0.3 is 19.4 Å². The Morgan fingerprint density at radius 3 is 2.52 bits per heavy atom. The summed E-state index contributed by atoms with van der Waals surface area (Å²) in [7, 11) is 1.67. The van der Waals surface area contributed by atoms with Crippen LogP contribution in [0.4, 0.5) is 5.69 Å². The van der Waals surface area contributed by atoms with Crippen LogP contribution in [-0.4, -0.2) is 68.1 Å². The van der Waals surface area contributed by atoms with Gasteiger partial charge in [-0.15, -0.1) is 0 Å². The van der Waals surface area contributed by atoms with Crippen LogP contribution in [0.1, 0.15) is 39.0 Å². The van der Waals surface area contributed by atoms with E-state index in [0.29, 0.717) is 35.7 Å². The first kappa shape index (κ1) is 20.9. The van der Waals surface area contributed by atoms with E-state index >= 15 is 0 Å². The van der Waals surface area contributed by atoms with Gasteiger partial charge in [-0.3, -0.25) is 9.69 Å². The van der Waals surface area contributed by atoms with Crippen molar-refractivity contribution in [2.75, 3.05) is 51.3 Å². The number of hydrogen-bond acceptors (Lipinski definition) is 6. The minimum absolute atomic E-state index is 0.00372. The van der Waals surface area contributed by atoms with Gasteiger partial charge in [0.2, 0.25) is 0 Å². The average Bonchev–Trinajstić information content (AvgIpc) is 3.03. The highest BCUT2D eigenvalue weighted by atomic mass is 16.5. The molecule has 0 bridgehead atoms. The lowest BCUT2D eigenvalue weighted by molar-refractivity contribution is 0.0525. The molecule has 0 saturated carbocycles. The molecule has 0 atom stereocenters. The van der Waals surface area contributed by atoms with E-state index in [1.165, 1.54) is 0 Å². The fourth-order valence-corrected chi connectivity index (χ4v) is 3.79. The summed E-state index contributed by atoms with van der Waals surface area (Å²) in [5, 5.41) is 0. The minimum Gasteiger partial charge on any atom is -0.497 e. The van der Waals surface area contributed by atoms with Gasteiger partial charge in [-0.05, 0) is 38.5 Å². The Balaban J connectivity index is 1.61. The molecule has 0 radical (unpaired) electrons. The summed E-state index contributed by atoms with van der Waals surface area (Å²) in [6, 6.07) is 8.03. The number of aryl methyl sites for hydroxylation is 1. The molecular formula is C22H29N3O4. The average molecular weight is 399 g/mol. The number of H-pyrrole nitrogens is 1. The second kappa shape index (κ2) is 9.13. The molecule has 2 aromatic rings. The molecule has 7 nitrogen and oxygen atoms in total. The van der Waals surface area contributed by atoms with E-state index in [4.69, 9.17) is 9.47 Å². The van der Waals surface area contributed by atoms with Crippen molar-refractivity contribution in [3.05, 3.63) is 46.8 Å². The molecule has 0 spiro atoms. The SMILES string of the molecule is CCOC(=O)c1c(C)[nH]c(C(=O)CN2CCN(c3cccc(OC)c3)CC2)c1C. The predicted molar refractivity (Wildman–Crippen MR) is 112 cm³/mol. The van der Waals surface area contributed by atoms with E-state index in [2.05, 4.69) is 20.9 Å². The van der Waals surface area contributed by atoms with Gasteiger partial charge in [0.15, 0.2) is 5.78 Å². The molecule has 156 valence electrons. The van der Waals surface area contributed by atoms with Gasteiger partial charge in [0.25, 0.3) is 0 Å². The lowest BCUT2D eigenvalue weighted by Gasteiger charge is -2.35. The maximum absolute atomic E-state index is 12.9. The summed E-state index contributed by atoms with van der Waals surface area (Å²) in [6.45, 7) is 9.28. The number of anilines is 1. The summed E-state index contributed by atoms with van der Waals surface area (Å²) in [5.74, 6) is 0.454. The molecule has 0 amide bonds. The van der Waals surface area contributed by atoms with Gasteiger partial charge in [-0.2, -0.15) is 0 Å². The molecule has 1 saturated heterocycles. The third kappa shape index (κ3) is 4.62. The van der Waals surface area contributed by atoms with Crippen molar-refractivity contribution >= 4 is 17.4 Å². The molecule has 1 aromatic carbocycles. The molecular weight excluding hydrogens is 370 g/mol. The Hall–Kier alpha value is -2.80. The number of ether oxygens (including phenoxy) is 2.